The molecule has 0 aliphatic carbocycles. The number of aliphatic hydroxyl groups is 1. The molecule has 112 valence electrons. The molecule has 0 spiro atoms. The van der Waals surface area contributed by atoms with E-state index in [9.17, 15) is 0 Å². The molecule has 0 fully saturated rings. The van der Waals surface area contributed by atoms with Crippen LogP contribution in [0.1, 0.15) is 37.0 Å². The summed E-state index contributed by atoms with van der Waals surface area (Å²) in [5.41, 5.74) is 3.70. The molecule has 0 saturated carbocycles. The van der Waals surface area contributed by atoms with Crippen LogP contribution in [0, 0.1) is 0 Å². The number of aryl methyl sites for hydroxylation is 1. The van der Waals surface area contributed by atoms with Gasteiger partial charge in [0.1, 0.15) is 0 Å². The molecule has 0 aromatic heterocycles. The van der Waals surface area contributed by atoms with E-state index < -0.39 is 0 Å². The van der Waals surface area contributed by atoms with Gasteiger partial charge in [0.25, 0.3) is 0 Å². The van der Waals surface area contributed by atoms with Crippen molar-refractivity contribution < 1.29 is 5.11 Å². The molecule has 2 nitrogen and oxygen atoms in total. The van der Waals surface area contributed by atoms with Crippen LogP contribution in [0.5, 0.6) is 0 Å². The molecule has 21 heavy (non-hydrogen) atoms. The fraction of sp³-hybridized carbons (Fsp3) is 0.368. The van der Waals surface area contributed by atoms with Crippen LogP contribution in [0.3, 0.4) is 0 Å². The van der Waals surface area contributed by atoms with E-state index in [1.54, 1.807) is 0 Å². The van der Waals surface area contributed by atoms with Gasteiger partial charge in [-0.15, -0.1) is 0 Å². The summed E-state index contributed by atoms with van der Waals surface area (Å²) in [7, 11) is 0. The zero-order chi connectivity index (χ0) is 15.1. The van der Waals surface area contributed by atoms with Crippen molar-refractivity contribution in [2.45, 2.75) is 45.4 Å². The van der Waals surface area contributed by atoms with Crippen LogP contribution >= 0.6 is 0 Å². The molecule has 0 amide bonds. The average molecular weight is 283 g/mol. The minimum atomic E-state index is 0.103. The second kappa shape index (κ2) is 7.39. The minimum absolute atomic E-state index is 0.103. The van der Waals surface area contributed by atoms with Crippen molar-refractivity contribution in [3.63, 3.8) is 0 Å². The molecule has 0 unspecified atom stereocenters. The van der Waals surface area contributed by atoms with Crippen molar-refractivity contribution in [2.75, 3.05) is 0 Å². The standard InChI is InChI=1S/C19H25NO/c1-19(2,13-12-16-6-4-3-5-7-16)20-14-17-8-10-18(15-21)11-9-17/h3-11,20-21H,12-15H2,1-2H3. The molecule has 2 aromatic rings. The Balaban J connectivity index is 1.82. The summed E-state index contributed by atoms with van der Waals surface area (Å²) >= 11 is 0. The summed E-state index contributed by atoms with van der Waals surface area (Å²) in [5, 5.41) is 12.7. The van der Waals surface area contributed by atoms with Gasteiger partial charge in [0, 0.05) is 12.1 Å². The van der Waals surface area contributed by atoms with Crippen molar-refractivity contribution >= 4 is 0 Å². The lowest BCUT2D eigenvalue weighted by atomic mass is 9.95. The SMILES string of the molecule is CC(C)(CCc1ccccc1)NCc1ccc(CO)cc1. The van der Waals surface area contributed by atoms with Gasteiger partial charge in [-0.2, -0.15) is 0 Å². The van der Waals surface area contributed by atoms with Crippen molar-refractivity contribution in [1.82, 2.24) is 5.32 Å². The first-order chi connectivity index (χ1) is 10.1. The Morgan fingerprint density at radius 1 is 0.857 bits per heavy atom. The summed E-state index contributed by atoms with van der Waals surface area (Å²) in [6.45, 7) is 5.46. The zero-order valence-electron chi connectivity index (χ0n) is 13.0. The van der Waals surface area contributed by atoms with Gasteiger partial charge < -0.3 is 10.4 Å². The summed E-state index contributed by atoms with van der Waals surface area (Å²) in [6.07, 6.45) is 2.19. The molecule has 2 N–H and O–H groups in total. The summed E-state index contributed by atoms with van der Waals surface area (Å²) in [5.74, 6) is 0. The van der Waals surface area contributed by atoms with Gasteiger partial charge in [-0.25, -0.2) is 0 Å². The second-order valence-electron chi connectivity index (χ2n) is 6.20. The third-order valence-corrected chi connectivity index (χ3v) is 3.86. The van der Waals surface area contributed by atoms with Crippen molar-refractivity contribution in [3.05, 3.63) is 71.3 Å². The molecule has 0 aliphatic heterocycles. The molecular formula is C19H25NO. The zero-order valence-corrected chi connectivity index (χ0v) is 13.0. The quantitative estimate of drug-likeness (QED) is 0.812. The largest absolute Gasteiger partial charge is 0.392 e. The summed E-state index contributed by atoms with van der Waals surface area (Å²) in [6, 6.07) is 18.7. The van der Waals surface area contributed by atoms with Crippen molar-refractivity contribution in [1.29, 1.82) is 0 Å². The Hall–Kier alpha value is -1.64. The number of hydrogen-bond acceptors (Lipinski definition) is 2. The highest BCUT2D eigenvalue weighted by Gasteiger charge is 2.16. The predicted octanol–water partition coefficient (Wildman–Crippen LogP) is 3.68. The third kappa shape index (κ3) is 5.33. The van der Waals surface area contributed by atoms with E-state index in [1.165, 1.54) is 11.1 Å². The lowest BCUT2D eigenvalue weighted by Gasteiger charge is -2.26. The van der Waals surface area contributed by atoms with E-state index in [-0.39, 0.29) is 12.1 Å². The van der Waals surface area contributed by atoms with Gasteiger partial charge in [-0.05, 0) is 43.4 Å². The van der Waals surface area contributed by atoms with Crippen LogP contribution in [-0.2, 0) is 19.6 Å². The fourth-order valence-corrected chi connectivity index (χ4v) is 2.29. The average Bonchev–Trinajstić information content (AvgIpc) is 2.53. The van der Waals surface area contributed by atoms with Crippen LogP contribution in [0.2, 0.25) is 0 Å². The van der Waals surface area contributed by atoms with Gasteiger partial charge in [-0.1, -0.05) is 54.6 Å². The van der Waals surface area contributed by atoms with Gasteiger partial charge in [0.05, 0.1) is 6.61 Å². The number of nitrogens with one attached hydrogen (secondary N) is 1. The minimum Gasteiger partial charge on any atom is -0.392 e. The molecule has 0 bridgehead atoms. The maximum Gasteiger partial charge on any atom is 0.0681 e. The Morgan fingerprint density at radius 3 is 2.10 bits per heavy atom. The topological polar surface area (TPSA) is 32.3 Å². The van der Waals surface area contributed by atoms with E-state index in [0.717, 1.165) is 24.9 Å². The lowest BCUT2D eigenvalue weighted by molar-refractivity contribution is 0.282. The molecule has 0 radical (unpaired) electrons. The van der Waals surface area contributed by atoms with E-state index in [0.29, 0.717) is 0 Å². The second-order valence-corrected chi connectivity index (χ2v) is 6.20. The molecule has 0 saturated heterocycles. The normalized spacial score (nSPS) is 11.6. The number of aliphatic hydroxyl groups excluding tert-OH is 1. The van der Waals surface area contributed by atoms with E-state index >= 15 is 0 Å². The summed E-state index contributed by atoms with van der Waals surface area (Å²) in [4.78, 5) is 0. The van der Waals surface area contributed by atoms with Crippen LogP contribution in [0.4, 0.5) is 0 Å². The van der Waals surface area contributed by atoms with Gasteiger partial charge in [0.15, 0.2) is 0 Å². The van der Waals surface area contributed by atoms with Gasteiger partial charge in [0.2, 0.25) is 0 Å². The molecule has 2 rings (SSSR count). The number of rotatable bonds is 7. The maximum absolute atomic E-state index is 9.05. The lowest BCUT2D eigenvalue weighted by Crippen LogP contribution is -2.39. The predicted molar refractivity (Wildman–Crippen MR) is 88.0 cm³/mol. The first-order valence-electron chi connectivity index (χ1n) is 7.57. The van der Waals surface area contributed by atoms with Gasteiger partial charge >= 0.3 is 0 Å². The molecule has 0 heterocycles. The Labute approximate surface area is 127 Å². The first-order valence-corrected chi connectivity index (χ1v) is 7.57. The molecule has 2 aromatic carbocycles. The van der Waals surface area contributed by atoms with E-state index in [2.05, 4.69) is 61.6 Å². The monoisotopic (exact) mass is 283 g/mol. The van der Waals surface area contributed by atoms with Crippen molar-refractivity contribution in [2.24, 2.45) is 0 Å². The van der Waals surface area contributed by atoms with Crippen LogP contribution in [0.15, 0.2) is 54.6 Å². The smallest absolute Gasteiger partial charge is 0.0681 e. The Bertz CT molecular complexity index is 531. The Morgan fingerprint density at radius 2 is 1.48 bits per heavy atom. The van der Waals surface area contributed by atoms with Gasteiger partial charge in [-0.3, -0.25) is 0 Å². The Kier molecular flexibility index (Phi) is 5.54. The fourth-order valence-electron chi connectivity index (χ4n) is 2.29. The first kappa shape index (κ1) is 15.7. The highest BCUT2D eigenvalue weighted by molar-refractivity contribution is 5.22. The highest BCUT2D eigenvalue weighted by atomic mass is 16.3. The molecule has 2 heteroatoms. The van der Waals surface area contributed by atoms with Crippen LogP contribution < -0.4 is 5.32 Å². The molecular weight excluding hydrogens is 258 g/mol. The van der Waals surface area contributed by atoms with Crippen LogP contribution in [0.25, 0.3) is 0 Å². The molecule has 0 aliphatic rings. The van der Waals surface area contributed by atoms with E-state index in [1.807, 2.05) is 12.1 Å². The number of hydrogen-bond donors (Lipinski definition) is 2. The highest BCUT2D eigenvalue weighted by Crippen LogP contribution is 2.15. The molecule has 0 atom stereocenters. The van der Waals surface area contributed by atoms with Crippen LogP contribution in [-0.4, -0.2) is 10.6 Å². The van der Waals surface area contributed by atoms with E-state index in [4.69, 9.17) is 5.11 Å². The summed E-state index contributed by atoms with van der Waals surface area (Å²) < 4.78 is 0. The maximum atomic E-state index is 9.05. The third-order valence-electron chi connectivity index (χ3n) is 3.86. The number of benzene rings is 2. The van der Waals surface area contributed by atoms with Crippen molar-refractivity contribution in [3.8, 4) is 0 Å².